The molecule has 1 aliphatic heterocycles. The summed E-state index contributed by atoms with van der Waals surface area (Å²) in [6.07, 6.45) is 2.02. The molecule has 106 valence electrons. The monoisotopic (exact) mass is 351 g/mol. The van der Waals surface area contributed by atoms with Crippen molar-refractivity contribution >= 4 is 27.3 Å². The van der Waals surface area contributed by atoms with Gasteiger partial charge in [-0.05, 0) is 19.1 Å². The van der Waals surface area contributed by atoms with Gasteiger partial charge in [0.1, 0.15) is 5.01 Å². The molecule has 3 rings (SSSR count). The van der Waals surface area contributed by atoms with Crippen molar-refractivity contribution in [2.24, 2.45) is 0 Å². The molecule has 1 unspecified atom stereocenters. The summed E-state index contributed by atoms with van der Waals surface area (Å²) in [5.74, 6) is 0. The summed E-state index contributed by atoms with van der Waals surface area (Å²) in [5.41, 5.74) is 1.19. The molecule has 1 aromatic carbocycles. The topological polar surface area (TPSA) is 28.2 Å². The standard InChI is InChI=1S/C15H18BrN3S/c1-11-9-19(7-6-17-11)10-14-8-18-15(20-14)12-2-4-13(16)5-3-12/h2-5,8,11,17H,6-7,9-10H2,1H3. The van der Waals surface area contributed by atoms with E-state index in [9.17, 15) is 0 Å². The second-order valence-electron chi connectivity index (χ2n) is 5.23. The fourth-order valence-corrected chi connectivity index (χ4v) is 3.71. The van der Waals surface area contributed by atoms with Crippen LogP contribution in [0.15, 0.2) is 34.9 Å². The molecular formula is C15H18BrN3S. The second kappa shape index (κ2) is 6.35. The summed E-state index contributed by atoms with van der Waals surface area (Å²) in [6.45, 7) is 6.58. The van der Waals surface area contributed by atoms with Crippen LogP contribution in [0.3, 0.4) is 0 Å². The fraction of sp³-hybridized carbons (Fsp3) is 0.400. The third kappa shape index (κ3) is 3.47. The molecule has 0 saturated carbocycles. The number of thiazole rings is 1. The predicted molar refractivity (Wildman–Crippen MR) is 88.0 cm³/mol. The number of piperazine rings is 1. The maximum Gasteiger partial charge on any atom is 0.123 e. The Morgan fingerprint density at radius 3 is 2.95 bits per heavy atom. The highest BCUT2D eigenvalue weighted by molar-refractivity contribution is 9.10. The van der Waals surface area contributed by atoms with Crippen LogP contribution in [-0.2, 0) is 6.54 Å². The van der Waals surface area contributed by atoms with Gasteiger partial charge < -0.3 is 5.32 Å². The zero-order valence-corrected chi connectivity index (χ0v) is 13.9. The maximum atomic E-state index is 4.56. The van der Waals surface area contributed by atoms with Gasteiger partial charge in [-0.15, -0.1) is 11.3 Å². The number of rotatable bonds is 3. The van der Waals surface area contributed by atoms with Gasteiger partial charge in [0.25, 0.3) is 0 Å². The van der Waals surface area contributed by atoms with E-state index in [4.69, 9.17) is 0 Å². The number of hydrogen-bond acceptors (Lipinski definition) is 4. The Labute approximate surface area is 132 Å². The van der Waals surface area contributed by atoms with E-state index < -0.39 is 0 Å². The highest BCUT2D eigenvalue weighted by Gasteiger charge is 2.16. The van der Waals surface area contributed by atoms with Gasteiger partial charge in [-0.2, -0.15) is 0 Å². The number of nitrogens with zero attached hydrogens (tertiary/aromatic N) is 2. The molecule has 1 N–H and O–H groups in total. The second-order valence-corrected chi connectivity index (χ2v) is 7.26. The van der Waals surface area contributed by atoms with Crippen molar-refractivity contribution < 1.29 is 0 Å². The van der Waals surface area contributed by atoms with E-state index in [2.05, 4.69) is 62.3 Å². The molecule has 3 nitrogen and oxygen atoms in total. The van der Waals surface area contributed by atoms with E-state index in [0.29, 0.717) is 6.04 Å². The summed E-state index contributed by atoms with van der Waals surface area (Å²) in [5, 5.41) is 4.58. The molecule has 0 spiro atoms. The Morgan fingerprint density at radius 1 is 1.40 bits per heavy atom. The Bertz CT molecular complexity index is 567. The zero-order valence-electron chi connectivity index (χ0n) is 11.5. The van der Waals surface area contributed by atoms with E-state index in [1.54, 1.807) is 11.3 Å². The lowest BCUT2D eigenvalue weighted by molar-refractivity contribution is 0.201. The van der Waals surface area contributed by atoms with Gasteiger partial charge in [0.05, 0.1) is 0 Å². The number of benzene rings is 1. The van der Waals surface area contributed by atoms with Crippen molar-refractivity contribution in [1.82, 2.24) is 15.2 Å². The Morgan fingerprint density at radius 2 is 2.20 bits per heavy atom. The van der Waals surface area contributed by atoms with Crippen molar-refractivity contribution in [3.8, 4) is 10.6 Å². The summed E-state index contributed by atoms with van der Waals surface area (Å²) in [4.78, 5) is 8.41. The van der Waals surface area contributed by atoms with Crippen molar-refractivity contribution in [3.05, 3.63) is 39.8 Å². The molecule has 1 aliphatic rings. The summed E-state index contributed by atoms with van der Waals surface area (Å²) >= 11 is 5.26. The van der Waals surface area contributed by atoms with Gasteiger partial charge in [-0.25, -0.2) is 4.98 Å². The minimum atomic E-state index is 0.586. The maximum absolute atomic E-state index is 4.56. The van der Waals surface area contributed by atoms with Gasteiger partial charge in [0.2, 0.25) is 0 Å². The fourth-order valence-electron chi connectivity index (χ4n) is 2.48. The van der Waals surface area contributed by atoms with Gasteiger partial charge in [-0.1, -0.05) is 28.1 Å². The summed E-state index contributed by atoms with van der Waals surface area (Å²) in [7, 11) is 0. The van der Waals surface area contributed by atoms with Gasteiger partial charge in [0, 0.05) is 53.3 Å². The molecule has 0 radical (unpaired) electrons. The molecule has 20 heavy (non-hydrogen) atoms. The predicted octanol–water partition coefficient (Wildman–Crippen LogP) is 3.37. The quantitative estimate of drug-likeness (QED) is 0.918. The molecule has 0 aliphatic carbocycles. The van der Waals surface area contributed by atoms with Gasteiger partial charge in [0.15, 0.2) is 0 Å². The molecular weight excluding hydrogens is 334 g/mol. The number of hydrogen-bond donors (Lipinski definition) is 1. The molecule has 1 aromatic heterocycles. The Hall–Kier alpha value is -0.750. The van der Waals surface area contributed by atoms with Crippen LogP contribution in [-0.4, -0.2) is 35.6 Å². The first-order valence-corrected chi connectivity index (χ1v) is 8.48. The normalized spacial score (nSPS) is 20.2. The first kappa shape index (κ1) is 14.2. The molecule has 0 bridgehead atoms. The largest absolute Gasteiger partial charge is 0.312 e. The molecule has 5 heteroatoms. The highest BCUT2D eigenvalue weighted by Crippen LogP contribution is 2.27. The van der Waals surface area contributed by atoms with Crippen LogP contribution >= 0.6 is 27.3 Å². The number of aromatic nitrogens is 1. The Kier molecular flexibility index (Phi) is 4.51. The summed E-state index contributed by atoms with van der Waals surface area (Å²) < 4.78 is 1.10. The molecule has 2 aromatic rings. The average Bonchev–Trinajstić information content (AvgIpc) is 2.88. The minimum Gasteiger partial charge on any atom is -0.312 e. The third-order valence-electron chi connectivity index (χ3n) is 3.48. The highest BCUT2D eigenvalue weighted by atomic mass is 79.9. The lowest BCUT2D eigenvalue weighted by Gasteiger charge is -2.31. The van der Waals surface area contributed by atoms with Crippen LogP contribution in [0.1, 0.15) is 11.8 Å². The van der Waals surface area contributed by atoms with Crippen LogP contribution in [0.5, 0.6) is 0 Å². The van der Waals surface area contributed by atoms with Crippen LogP contribution in [0, 0.1) is 0 Å². The minimum absolute atomic E-state index is 0.586. The van der Waals surface area contributed by atoms with Crippen molar-refractivity contribution in [2.75, 3.05) is 19.6 Å². The number of nitrogens with one attached hydrogen (secondary N) is 1. The van der Waals surface area contributed by atoms with Crippen LogP contribution < -0.4 is 5.32 Å². The SMILES string of the molecule is CC1CN(Cc2cnc(-c3ccc(Br)cc3)s2)CCN1. The van der Waals surface area contributed by atoms with E-state index in [-0.39, 0.29) is 0 Å². The van der Waals surface area contributed by atoms with Crippen molar-refractivity contribution in [3.63, 3.8) is 0 Å². The van der Waals surface area contributed by atoms with Crippen LogP contribution in [0.2, 0.25) is 0 Å². The molecule has 1 fully saturated rings. The molecule has 0 amide bonds. The van der Waals surface area contributed by atoms with Crippen LogP contribution in [0.4, 0.5) is 0 Å². The van der Waals surface area contributed by atoms with Crippen molar-refractivity contribution in [2.45, 2.75) is 19.5 Å². The van der Waals surface area contributed by atoms with Crippen molar-refractivity contribution in [1.29, 1.82) is 0 Å². The Balaban J connectivity index is 1.69. The molecule has 1 atom stereocenters. The average molecular weight is 352 g/mol. The van der Waals surface area contributed by atoms with E-state index >= 15 is 0 Å². The summed E-state index contributed by atoms with van der Waals surface area (Å²) in [6, 6.07) is 8.93. The first-order valence-electron chi connectivity index (χ1n) is 6.87. The molecule has 2 heterocycles. The van der Waals surface area contributed by atoms with E-state index in [0.717, 1.165) is 35.7 Å². The first-order chi connectivity index (χ1) is 9.70. The zero-order chi connectivity index (χ0) is 13.9. The lowest BCUT2D eigenvalue weighted by Crippen LogP contribution is -2.48. The van der Waals surface area contributed by atoms with E-state index in [1.807, 2.05) is 6.20 Å². The van der Waals surface area contributed by atoms with Gasteiger partial charge >= 0.3 is 0 Å². The smallest absolute Gasteiger partial charge is 0.123 e. The van der Waals surface area contributed by atoms with Gasteiger partial charge in [-0.3, -0.25) is 4.90 Å². The lowest BCUT2D eigenvalue weighted by atomic mass is 10.2. The molecule has 1 saturated heterocycles. The van der Waals surface area contributed by atoms with E-state index in [1.165, 1.54) is 10.4 Å². The number of halogens is 1. The van der Waals surface area contributed by atoms with Crippen LogP contribution in [0.25, 0.3) is 10.6 Å². The third-order valence-corrected chi connectivity index (χ3v) is 5.04.